The highest BCUT2D eigenvalue weighted by Gasteiger charge is 2.22. The van der Waals surface area contributed by atoms with E-state index in [1.807, 2.05) is 24.5 Å². The van der Waals surface area contributed by atoms with Crippen molar-refractivity contribution in [2.75, 3.05) is 0 Å². The van der Waals surface area contributed by atoms with E-state index in [2.05, 4.69) is 106 Å². The quantitative estimate of drug-likeness (QED) is 0.241. The smallest absolute Gasteiger partial charge is 0.0963 e. The molecule has 4 nitrogen and oxygen atoms in total. The number of hydrogen-bond acceptors (Lipinski definition) is 2. The minimum absolute atomic E-state index is 0.914. The molecular formula is C35H22N4. The van der Waals surface area contributed by atoms with E-state index in [0.717, 1.165) is 28.5 Å². The summed E-state index contributed by atoms with van der Waals surface area (Å²) in [4.78, 5) is 9.42. The van der Waals surface area contributed by atoms with Crippen LogP contribution in [0, 0.1) is 0 Å². The maximum absolute atomic E-state index is 4.71. The molecule has 0 bridgehead atoms. The van der Waals surface area contributed by atoms with Gasteiger partial charge in [-0.05, 0) is 89.3 Å². The molecule has 0 radical (unpaired) electrons. The molecule has 0 N–H and O–H groups in total. The fourth-order valence-corrected chi connectivity index (χ4v) is 6.58. The second kappa shape index (κ2) is 7.65. The van der Waals surface area contributed by atoms with Crippen LogP contribution in [-0.2, 0) is 6.42 Å². The topological polar surface area (TPSA) is 35.6 Å². The number of pyridine rings is 2. The van der Waals surface area contributed by atoms with Crippen LogP contribution in [-0.4, -0.2) is 19.1 Å². The van der Waals surface area contributed by atoms with Crippen LogP contribution < -0.4 is 0 Å². The fraction of sp³-hybridized carbons (Fsp3) is 0.0286. The third-order valence-corrected chi connectivity index (χ3v) is 8.22. The van der Waals surface area contributed by atoms with Gasteiger partial charge in [-0.1, -0.05) is 48.5 Å². The fourth-order valence-electron chi connectivity index (χ4n) is 6.58. The molecule has 1 aliphatic rings. The van der Waals surface area contributed by atoms with Crippen molar-refractivity contribution in [3.05, 3.63) is 133 Å². The Balaban J connectivity index is 1.19. The normalized spacial score (nSPS) is 12.5. The Bertz CT molecular complexity index is 2000. The van der Waals surface area contributed by atoms with Crippen molar-refractivity contribution in [3.63, 3.8) is 0 Å². The molecule has 4 heterocycles. The Labute approximate surface area is 224 Å². The summed E-state index contributed by atoms with van der Waals surface area (Å²) in [5.41, 5.74) is 14.4. The van der Waals surface area contributed by atoms with Crippen LogP contribution in [0.5, 0.6) is 0 Å². The molecule has 8 aromatic rings. The average Bonchev–Trinajstić information content (AvgIpc) is 3.64. The number of para-hydroxylation sites is 2. The Morgan fingerprint density at radius 1 is 0.462 bits per heavy atom. The standard InChI is InChI=1S/C35H22N4/c1-3-9-30-28(7-1)34-32(11-5-17-36-34)38(30)24-13-15-26-22(20-24)19-23-21-25(14-16-27(23)26)39-31-10-4-2-8-29(31)35-33(39)12-6-18-37-35/h1-18,20-21H,19H2. The van der Waals surface area contributed by atoms with Gasteiger partial charge in [0.15, 0.2) is 0 Å². The molecule has 4 aromatic heterocycles. The van der Waals surface area contributed by atoms with Gasteiger partial charge in [0.05, 0.1) is 33.1 Å². The molecule has 39 heavy (non-hydrogen) atoms. The van der Waals surface area contributed by atoms with E-state index < -0.39 is 0 Å². The second-order valence-electron chi connectivity index (χ2n) is 10.3. The molecule has 4 heteroatoms. The van der Waals surface area contributed by atoms with Crippen molar-refractivity contribution in [3.8, 4) is 22.5 Å². The molecule has 0 saturated carbocycles. The molecule has 0 saturated heterocycles. The lowest BCUT2D eigenvalue weighted by Gasteiger charge is -2.10. The van der Waals surface area contributed by atoms with Crippen molar-refractivity contribution in [2.45, 2.75) is 6.42 Å². The van der Waals surface area contributed by atoms with Gasteiger partial charge in [0.1, 0.15) is 0 Å². The van der Waals surface area contributed by atoms with Crippen LogP contribution in [0.2, 0.25) is 0 Å². The van der Waals surface area contributed by atoms with E-state index in [4.69, 9.17) is 9.97 Å². The van der Waals surface area contributed by atoms with E-state index in [1.165, 1.54) is 55.4 Å². The van der Waals surface area contributed by atoms with Crippen molar-refractivity contribution in [2.24, 2.45) is 0 Å². The Morgan fingerprint density at radius 3 is 1.44 bits per heavy atom. The zero-order valence-electron chi connectivity index (χ0n) is 21.0. The van der Waals surface area contributed by atoms with E-state index in [1.54, 1.807) is 0 Å². The highest BCUT2D eigenvalue weighted by Crippen LogP contribution is 2.41. The molecule has 0 aliphatic heterocycles. The van der Waals surface area contributed by atoms with Crippen molar-refractivity contribution < 1.29 is 0 Å². The van der Waals surface area contributed by atoms with Gasteiger partial charge >= 0.3 is 0 Å². The predicted octanol–water partition coefficient (Wildman–Crippen LogP) is 8.24. The van der Waals surface area contributed by atoms with Crippen LogP contribution >= 0.6 is 0 Å². The molecule has 0 atom stereocenters. The summed E-state index contributed by atoms with van der Waals surface area (Å²) in [5, 5.41) is 2.37. The summed E-state index contributed by atoms with van der Waals surface area (Å²) < 4.78 is 4.69. The number of aromatic nitrogens is 4. The van der Waals surface area contributed by atoms with Crippen LogP contribution in [0.15, 0.2) is 122 Å². The Kier molecular flexibility index (Phi) is 4.08. The van der Waals surface area contributed by atoms with E-state index in [-0.39, 0.29) is 0 Å². The average molecular weight is 499 g/mol. The lowest BCUT2D eigenvalue weighted by atomic mass is 10.0. The SMILES string of the molecule is c1ccc2c(c1)c1ncccc1n2-c1ccc2c(c1)Cc1cc(-n3c4ccccc4c4ncccc43)ccc1-2. The number of hydrogen-bond donors (Lipinski definition) is 0. The number of fused-ring (bicyclic) bond motifs is 9. The van der Waals surface area contributed by atoms with Gasteiger partial charge in [-0.15, -0.1) is 0 Å². The first-order chi connectivity index (χ1) is 19.3. The highest BCUT2D eigenvalue weighted by molar-refractivity contribution is 6.08. The van der Waals surface area contributed by atoms with Gasteiger partial charge in [-0.3, -0.25) is 9.97 Å². The summed E-state index contributed by atoms with van der Waals surface area (Å²) in [6, 6.07) is 39.2. The molecule has 0 fully saturated rings. The summed E-state index contributed by atoms with van der Waals surface area (Å²) in [5.74, 6) is 0. The van der Waals surface area contributed by atoms with Crippen LogP contribution in [0.1, 0.15) is 11.1 Å². The second-order valence-corrected chi connectivity index (χ2v) is 10.3. The summed E-state index contributed by atoms with van der Waals surface area (Å²) in [6.45, 7) is 0. The van der Waals surface area contributed by atoms with Crippen molar-refractivity contribution in [1.29, 1.82) is 0 Å². The van der Waals surface area contributed by atoms with Gasteiger partial charge < -0.3 is 9.13 Å². The monoisotopic (exact) mass is 498 g/mol. The van der Waals surface area contributed by atoms with E-state index in [0.29, 0.717) is 0 Å². The minimum atomic E-state index is 0.914. The van der Waals surface area contributed by atoms with Gasteiger partial charge in [-0.25, -0.2) is 0 Å². The Morgan fingerprint density at radius 2 is 0.923 bits per heavy atom. The molecule has 4 aromatic carbocycles. The predicted molar refractivity (Wildman–Crippen MR) is 159 cm³/mol. The molecular weight excluding hydrogens is 476 g/mol. The van der Waals surface area contributed by atoms with Gasteiger partial charge in [-0.2, -0.15) is 0 Å². The van der Waals surface area contributed by atoms with E-state index >= 15 is 0 Å². The van der Waals surface area contributed by atoms with Crippen LogP contribution in [0.4, 0.5) is 0 Å². The number of rotatable bonds is 2. The molecule has 9 rings (SSSR count). The first kappa shape index (κ1) is 20.8. The third-order valence-electron chi connectivity index (χ3n) is 8.22. The van der Waals surface area contributed by atoms with Crippen molar-refractivity contribution in [1.82, 2.24) is 19.1 Å². The lowest BCUT2D eigenvalue weighted by molar-refractivity contribution is 1.14. The number of nitrogens with zero attached hydrogens (tertiary/aromatic N) is 4. The van der Waals surface area contributed by atoms with E-state index in [9.17, 15) is 0 Å². The maximum atomic E-state index is 4.71. The van der Waals surface area contributed by atoms with Crippen molar-refractivity contribution >= 4 is 43.9 Å². The first-order valence-electron chi connectivity index (χ1n) is 13.3. The van der Waals surface area contributed by atoms with Gasteiger partial charge in [0.2, 0.25) is 0 Å². The summed E-state index contributed by atoms with van der Waals surface area (Å²) >= 11 is 0. The molecule has 0 unspecified atom stereocenters. The zero-order chi connectivity index (χ0) is 25.5. The minimum Gasteiger partial charge on any atom is -0.308 e. The lowest BCUT2D eigenvalue weighted by Crippen LogP contribution is -1.95. The zero-order valence-corrected chi connectivity index (χ0v) is 21.0. The first-order valence-corrected chi connectivity index (χ1v) is 13.3. The van der Waals surface area contributed by atoms with Crippen LogP contribution in [0.25, 0.3) is 66.4 Å². The molecule has 0 spiro atoms. The third kappa shape index (κ3) is 2.83. The summed E-state index contributed by atoms with van der Waals surface area (Å²) in [7, 11) is 0. The molecule has 0 amide bonds. The molecule has 1 aliphatic carbocycles. The number of benzene rings is 4. The van der Waals surface area contributed by atoms with Crippen LogP contribution in [0.3, 0.4) is 0 Å². The van der Waals surface area contributed by atoms with Gasteiger partial charge in [0, 0.05) is 34.5 Å². The largest absolute Gasteiger partial charge is 0.308 e. The Hall–Kier alpha value is -5.22. The van der Waals surface area contributed by atoms with Gasteiger partial charge in [0.25, 0.3) is 0 Å². The summed E-state index contributed by atoms with van der Waals surface area (Å²) in [6.07, 6.45) is 4.67. The molecule has 182 valence electrons. The highest BCUT2D eigenvalue weighted by atomic mass is 15.0. The maximum Gasteiger partial charge on any atom is 0.0963 e.